The lowest BCUT2D eigenvalue weighted by Gasteiger charge is -2.01. The lowest BCUT2D eigenvalue weighted by Crippen LogP contribution is -2.15. The van der Waals surface area contributed by atoms with Crippen LogP contribution >= 0.6 is 11.9 Å². The van der Waals surface area contributed by atoms with Crippen molar-refractivity contribution in [3.63, 3.8) is 0 Å². The van der Waals surface area contributed by atoms with E-state index in [0.29, 0.717) is 0 Å². The van der Waals surface area contributed by atoms with Gasteiger partial charge in [-0.05, 0) is 0 Å². The summed E-state index contributed by atoms with van der Waals surface area (Å²) >= 11 is 1.50. The quantitative estimate of drug-likeness (QED) is 0.450. The maximum Gasteiger partial charge on any atom is 0.309 e. The number of nitrogens with zero attached hydrogens (tertiary/aromatic N) is 2. The topological polar surface area (TPSA) is 24.8 Å². The molecule has 0 aromatic heterocycles. The highest BCUT2D eigenvalue weighted by molar-refractivity contribution is 7.98. The van der Waals surface area contributed by atoms with Crippen molar-refractivity contribution in [3.8, 4) is 0 Å². The van der Waals surface area contributed by atoms with Crippen LogP contribution in [0.15, 0.2) is 16.9 Å². The van der Waals surface area contributed by atoms with Gasteiger partial charge in [-0.15, -0.1) is 0 Å². The molecule has 0 spiro atoms. The molecule has 0 atom stereocenters. The summed E-state index contributed by atoms with van der Waals surface area (Å²) in [5.74, 6) is 0.895. The lowest BCUT2D eigenvalue weighted by atomic mass is 10.8. The first-order valence-electron chi connectivity index (χ1n) is 2.27. The average Bonchev–Trinajstić information content (AvgIpc) is 2.15. The van der Waals surface area contributed by atoms with Gasteiger partial charge in [0, 0.05) is 18.1 Å². The monoisotopic (exact) mass is 128 g/mol. The second-order valence-electron chi connectivity index (χ2n) is 1.50. The molecular formula is C4H4N2OS. The summed E-state index contributed by atoms with van der Waals surface area (Å²) < 4.78 is 8.92. The highest BCUT2D eigenvalue weighted by Crippen LogP contribution is 2.20. The van der Waals surface area contributed by atoms with E-state index in [9.17, 15) is 0 Å². The number of rotatable bonds is 0. The van der Waals surface area contributed by atoms with Crippen molar-refractivity contribution in [1.82, 2.24) is 4.90 Å². The zero-order valence-corrected chi connectivity index (χ0v) is 4.89. The van der Waals surface area contributed by atoms with Gasteiger partial charge in [0.25, 0.3) is 0 Å². The average molecular weight is 128 g/mol. The van der Waals surface area contributed by atoms with Crippen LogP contribution in [0, 0.1) is 0 Å². The first-order valence-corrected chi connectivity index (χ1v) is 3.21. The van der Waals surface area contributed by atoms with Crippen LogP contribution in [0.1, 0.15) is 0 Å². The third-order valence-corrected chi connectivity index (χ3v) is 1.68. The van der Waals surface area contributed by atoms with E-state index < -0.39 is 0 Å². The number of hydrogen-bond donors (Lipinski definition) is 0. The standard InChI is InChI=1S/C4H4N2OS/c1-2-7-4-5-8-3-6(1)4/h1-2H,3H2. The van der Waals surface area contributed by atoms with E-state index in [4.69, 9.17) is 4.74 Å². The SMILES string of the molecule is C1=CN2CSN=C2O1. The van der Waals surface area contributed by atoms with Gasteiger partial charge in [-0.2, -0.15) is 4.40 Å². The minimum absolute atomic E-state index is 0.718. The molecule has 2 heterocycles. The van der Waals surface area contributed by atoms with E-state index in [0.717, 1.165) is 11.9 Å². The van der Waals surface area contributed by atoms with Crippen molar-refractivity contribution < 1.29 is 4.74 Å². The smallest absolute Gasteiger partial charge is 0.309 e. The van der Waals surface area contributed by atoms with Gasteiger partial charge in [0.05, 0.1) is 5.88 Å². The molecule has 8 heavy (non-hydrogen) atoms. The lowest BCUT2D eigenvalue weighted by molar-refractivity contribution is 0.447. The molecular weight excluding hydrogens is 124 g/mol. The number of amidine groups is 1. The van der Waals surface area contributed by atoms with E-state index in [1.807, 2.05) is 11.1 Å². The molecule has 0 unspecified atom stereocenters. The van der Waals surface area contributed by atoms with Crippen LogP contribution in [0.5, 0.6) is 0 Å². The predicted molar refractivity (Wildman–Crippen MR) is 32.0 cm³/mol. The van der Waals surface area contributed by atoms with E-state index >= 15 is 0 Å². The molecule has 0 saturated carbocycles. The fourth-order valence-electron chi connectivity index (χ4n) is 0.615. The molecule has 2 aliphatic heterocycles. The Kier molecular flexibility index (Phi) is 0.754. The highest BCUT2D eigenvalue weighted by Gasteiger charge is 2.19. The molecule has 0 aromatic carbocycles. The zero-order valence-electron chi connectivity index (χ0n) is 4.07. The molecule has 0 radical (unpaired) electrons. The van der Waals surface area contributed by atoms with Crippen molar-refractivity contribution in [2.45, 2.75) is 0 Å². The molecule has 2 aliphatic rings. The van der Waals surface area contributed by atoms with Gasteiger partial charge in [-0.25, -0.2) is 0 Å². The summed E-state index contributed by atoms with van der Waals surface area (Å²) in [6.07, 6.45) is 3.51. The molecule has 2 rings (SSSR count). The van der Waals surface area contributed by atoms with Crippen molar-refractivity contribution in [1.29, 1.82) is 0 Å². The van der Waals surface area contributed by atoms with Gasteiger partial charge in [-0.1, -0.05) is 0 Å². The minimum atomic E-state index is 0.718. The molecule has 0 bridgehead atoms. The first kappa shape index (κ1) is 4.26. The van der Waals surface area contributed by atoms with Crippen LogP contribution in [0.2, 0.25) is 0 Å². The van der Waals surface area contributed by atoms with E-state index in [1.165, 1.54) is 11.9 Å². The van der Waals surface area contributed by atoms with Gasteiger partial charge < -0.3 is 4.74 Å². The summed E-state index contributed by atoms with van der Waals surface area (Å²) in [5, 5.41) is 0. The van der Waals surface area contributed by atoms with Crippen LogP contribution in [0.25, 0.3) is 0 Å². The maximum absolute atomic E-state index is 4.95. The summed E-state index contributed by atoms with van der Waals surface area (Å²) in [6.45, 7) is 0. The summed E-state index contributed by atoms with van der Waals surface area (Å²) in [4.78, 5) is 1.95. The molecule has 4 heteroatoms. The maximum atomic E-state index is 4.95. The molecule has 0 saturated heterocycles. The Balaban J connectivity index is 2.28. The Hall–Kier alpha value is -0.640. The third-order valence-electron chi connectivity index (χ3n) is 0.999. The molecule has 0 amide bonds. The van der Waals surface area contributed by atoms with Crippen molar-refractivity contribution in [2.24, 2.45) is 4.40 Å². The molecule has 3 nitrogen and oxygen atoms in total. The Morgan fingerprint density at radius 1 is 1.88 bits per heavy atom. The van der Waals surface area contributed by atoms with Gasteiger partial charge in [0.1, 0.15) is 6.26 Å². The highest BCUT2D eigenvalue weighted by atomic mass is 32.2. The predicted octanol–water partition coefficient (Wildman–Crippen LogP) is 0.765. The van der Waals surface area contributed by atoms with Crippen LogP contribution in [0.3, 0.4) is 0 Å². The number of fused-ring (bicyclic) bond motifs is 1. The Bertz CT molecular complexity index is 165. The largest absolute Gasteiger partial charge is 0.432 e. The van der Waals surface area contributed by atoms with Crippen LogP contribution < -0.4 is 0 Å². The van der Waals surface area contributed by atoms with Gasteiger partial charge in [-0.3, -0.25) is 4.90 Å². The van der Waals surface area contributed by atoms with Crippen molar-refractivity contribution in [2.75, 3.05) is 5.88 Å². The van der Waals surface area contributed by atoms with Gasteiger partial charge in [0.15, 0.2) is 0 Å². The molecule has 42 valence electrons. The molecule has 0 aromatic rings. The number of hydrogen-bond acceptors (Lipinski definition) is 4. The van der Waals surface area contributed by atoms with Crippen LogP contribution in [-0.4, -0.2) is 16.8 Å². The van der Waals surface area contributed by atoms with E-state index in [2.05, 4.69) is 4.40 Å². The Morgan fingerprint density at radius 2 is 2.88 bits per heavy atom. The van der Waals surface area contributed by atoms with Gasteiger partial charge in [0.2, 0.25) is 0 Å². The van der Waals surface area contributed by atoms with Crippen LogP contribution in [-0.2, 0) is 4.74 Å². The van der Waals surface area contributed by atoms with E-state index in [-0.39, 0.29) is 0 Å². The Morgan fingerprint density at radius 3 is 3.75 bits per heavy atom. The summed E-state index contributed by atoms with van der Waals surface area (Å²) in [6, 6.07) is 0.718. The van der Waals surface area contributed by atoms with Crippen molar-refractivity contribution >= 4 is 18.0 Å². The zero-order chi connectivity index (χ0) is 5.40. The third kappa shape index (κ3) is 0.432. The molecule has 0 N–H and O–H groups in total. The summed E-state index contributed by atoms with van der Waals surface area (Å²) in [7, 11) is 0. The molecule has 0 fully saturated rings. The number of ether oxygens (including phenoxy) is 1. The summed E-state index contributed by atoms with van der Waals surface area (Å²) in [5.41, 5.74) is 0. The van der Waals surface area contributed by atoms with E-state index in [1.54, 1.807) is 6.26 Å². The van der Waals surface area contributed by atoms with Crippen LogP contribution in [0.4, 0.5) is 0 Å². The normalized spacial score (nSPS) is 23.0. The van der Waals surface area contributed by atoms with Gasteiger partial charge >= 0.3 is 6.02 Å². The fourth-order valence-corrected chi connectivity index (χ4v) is 1.25. The second-order valence-corrected chi connectivity index (χ2v) is 2.20. The molecule has 0 aliphatic carbocycles. The Labute approximate surface area is 51.2 Å². The minimum Gasteiger partial charge on any atom is -0.432 e. The first-order chi connectivity index (χ1) is 3.97. The second kappa shape index (κ2) is 1.42. The fraction of sp³-hybridized carbons (Fsp3) is 0.250. The van der Waals surface area contributed by atoms with Crippen molar-refractivity contribution in [3.05, 3.63) is 12.5 Å².